The van der Waals surface area contributed by atoms with Crippen molar-refractivity contribution in [1.82, 2.24) is 4.98 Å². The van der Waals surface area contributed by atoms with Crippen molar-refractivity contribution in [3.05, 3.63) is 53.2 Å². The lowest BCUT2D eigenvalue weighted by atomic mass is 10.1. The minimum atomic E-state index is -0.190. The molecule has 1 N–H and O–H groups in total. The normalized spacial score (nSPS) is 12.3. The topological polar surface area (TPSA) is 75.0 Å². The molecule has 1 aromatic heterocycles. The second-order valence-electron chi connectivity index (χ2n) is 5.75. The van der Waals surface area contributed by atoms with Gasteiger partial charge in [0.25, 0.3) is 5.91 Å². The third-order valence-corrected chi connectivity index (χ3v) is 4.05. The summed E-state index contributed by atoms with van der Waals surface area (Å²) in [4.78, 5) is 16.7. The smallest absolute Gasteiger partial charge is 0.256 e. The number of nitrogens with one attached hydrogen (secondary N) is 1. The number of hydrogen-bond acceptors (Lipinski definition) is 4. The SMILES string of the molecule is N#CCCCOc1cccnc1NC(=O)c1ccc2c(c1)CCC2. The quantitative estimate of drug-likeness (QED) is 0.826. The summed E-state index contributed by atoms with van der Waals surface area (Å²) in [5.41, 5.74) is 3.24. The highest BCUT2D eigenvalue weighted by Crippen LogP contribution is 2.25. The molecule has 0 spiro atoms. The van der Waals surface area contributed by atoms with Gasteiger partial charge < -0.3 is 10.1 Å². The summed E-state index contributed by atoms with van der Waals surface area (Å²) < 4.78 is 5.62. The Bertz CT molecular complexity index is 780. The molecule has 2 aromatic rings. The van der Waals surface area contributed by atoms with Gasteiger partial charge in [-0.25, -0.2) is 4.98 Å². The number of amides is 1. The number of hydrogen-bond donors (Lipinski definition) is 1. The zero-order chi connectivity index (χ0) is 16.8. The highest BCUT2D eigenvalue weighted by Gasteiger charge is 2.15. The molecular weight excluding hydrogens is 302 g/mol. The molecule has 0 bridgehead atoms. The largest absolute Gasteiger partial charge is 0.490 e. The molecule has 0 saturated carbocycles. The first-order valence-corrected chi connectivity index (χ1v) is 8.16. The summed E-state index contributed by atoms with van der Waals surface area (Å²) in [5, 5.41) is 11.4. The number of carbonyl (C=O) groups is 1. The second-order valence-corrected chi connectivity index (χ2v) is 5.75. The van der Waals surface area contributed by atoms with Crippen LogP contribution < -0.4 is 10.1 Å². The van der Waals surface area contributed by atoms with E-state index in [0.29, 0.717) is 36.6 Å². The Balaban J connectivity index is 1.69. The number of anilines is 1. The van der Waals surface area contributed by atoms with Gasteiger partial charge in [0.1, 0.15) is 0 Å². The van der Waals surface area contributed by atoms with Crippen molar-refractivity contribution < 1.29 is 9.53 Å². The Labute approximate surface area is 141 Å². The van der Waals surface area contributed by atoms with Crippen LogP contribution >= 0.6 is 0 Å². The number of unbranched alkanes of at least 4 members (excludes halogenated alkanes) is 1. The Morgan fingerprint density at radius 2 is 2.17 bits per heavy atom. The zero-order valence-corrected chi connectivity index (χ0v) is 13.4. The van der Waals surface area contributed by atoms with Crippen LogP contribution in [0.1, 0.15) is 40.7 Å². The molecule has 0 atom stereocenters. The molecule has 24 heavy (non-hydrogen) atoms. The molecule has 1 aromatic carbocycles. The summed E-state index contributed by atoms with van der Waals surface area (Å²) >= 11 is 0. The van der Waals surface area contributed by atoms with Gasteiger partial charge in [0.2, 0.25) is 0 Å². The standard InChI is InChI=1S/C19H19N3O2/c20-10-1-2-12-24-17-7-4-11-21-18(17)22-19(23)16-9-8-14-5-3-6-15(14)13-16/h4,7-9,11,13H,1-3,5-6,12H2,(H,21,22,23). The molecule has 1 aliphatic carbocycles. The summed E-state index contributed by atoms with van der Waals surface area (Å²) in [6, 6.07) is 11.5. The molecule has 0 fully saturated rings. The predicted octanol–water partition coefficient (Wildman–Crippen LogP) is 3.51. The van der Waals surface area contributed by atoms with Gasteiger partial charge in [0, 0.05) is 18.2 Å². The third kappa shape index (κ3) is 3.72. The minimum absolute atomic E-state index is 0.190. The number of rotatable bonds is 6. The van der Waals surface area contributed by atoms with E-state index in [2.05, 4.69) is 16.4 Å². The van der Waals surface area contributed by atoms with Gasteiger partial charge in [-0.15, -0.1) is 0 Å². The van der Waals surface area contributed by atoms with E-state index in [1.54, 1.807) is 18.3 Å². The van der Waals surface area contributed by atoms with Crippen molar-refractivity contribution in [2.24, 2.45) is 0 Å². The van der Waals surface area contributed by atoms with Crippen LogP contribution in [0.5, 0.6) is 5.75 Å². The van der Waals surface area contributed by atoms with Gasteiger partial charge in [0.15, 0.2) is 11.6 Å². The molecule has 3 rings (SSSR count). The van der Waals surface area contributed by atoms with Gasteiger partial charge in [-0.2, -0.15) is 5.26 Å². The van der Waals surface area contributed by atoms with E-state index in [4.69, 9.17) is 10.00 Å². The maximum atomic E-state index is 12.5. The molecule has 5 nitrogen and oxygen atoms in total. The fourth-order valence-corrected chi connectivity index (χ4v) is 2.83. The van der Waals surface area contributed by atoms with Crippen molar-refractivity contribution in [2.75, 3.05) is 11.9 Å². The van der Waals surface area contributed by atoms with Crippen molar-refractivity contribution >= 4 is 11.7 Å². The number of nitriles is 1. The van der Waals surface area contributed by atoms with E-state index in [0.717, 1.165) is 19.3 Å². The Hall–Kier alpha value is -2.87. The number of aryl methyl sites for hydroxylation is 2. The van der Waals surface area contributed by atoms with Crippen molar-refractivity contribution in [2.45, 2.75) is 32.1 Å². The highest BCUT2D eigenvalue weighted by atomic mass is 16.5. The van der Waals surface area contributed by atoms with E-state index in [9.17, 15) is 4.79 Å². The molecule has 0 aliphatic heterocycles. The lowest BCUT2D eigenvalue weighted by Gasteiger charge is -2.11. The number of ether oxygens (including phenoxy) is 1. The highest BCUT2D eigenvalue weighted by molar-refractivity contribution is 6.04. The summed E-state index contributed by atoms with van der Waals surface area (Å²) in [6.45, 7) is 0.418. The number of aromatic nitrogens is 1. The Morgan fingerprint density at radius 1 is 1.29 bits per heavy atom. The molecule has 5 heteroatoms. The van der Waals surface area contributed by atoms with Gasteiger partial charge in [-0.1, -0.05) is 6.07 Å². The van der Waals surface area contributed by atoms with E-state index >= 15 is 0 Å². The fourth-order valence-electron chi connectivity index (χ4n) is 2.83. The Morgan fingerprint density at radius 3 is 3.04 bits per heavy atom. The van der Waals surface area contributed by atoms with Crippen LogP contribution in [0.3, 0.4) is 0 Å². The van der Waals surface area contributed by atoms with Crippen LogP contribution in [-0.4, -0.2) is 17.5 Å². The lowest BCUT2D eigenvalue weighted by Crippen LogP contribution is -2.14. The van der Waals surface area contributed by atoms with Crippen LogP contribution in [0.4, 0.5) is 5.82 Å². The van der Waals surface area contributed by atoms with Crippen molar-refractivity contribution in [1.29, 1.82) is 5.26 Å². The lowest BCUT2D eigenvalue weighted by molar-refractivity contribution is 0.102. The average molecular weight is 321 g/mol. The minimum Gasteiger partial charge on any atom is -0.490 e. The van der Waals surface area contributed by atoms with Crippen LogP contribution in [-0.2, 0) is 12.8 Å². The third-order valence-electron chi connectivity index (χ3n) is 4.05. The average Bonchev–Trinajstić information content (AvgIpc) is 3.07. The van der Waals surface area contributed by atoms with Crippen LogP contribution in [0.25, 0.3) is 0 Å². The van der Waals surface area contributed by atoms with Gasteiger partial charge in [-0.05, 0) is 61.1 Å². The maximum absolute atomic E-state index is 12.5. The molecule has 0 saturated heterocycles. The summed E-state index contributed by atoms with van der Waals surface area (Å²) in [6.07, 6.45) is 5.98. The number of benzene rings is 1. The maximum Gasteiger partial charge on any atom is 0.256 e. The van der Waals surface area contributed by atoms with E-state index in [1.165, 1.54) is 11.1 Å². The van der Waals surface area contributed by atoms with Crippen molar-refractivity contribution in [3.63, 3.8) is 0 Å². The van der Waals surface area contributed by atoms with Crippen molar-refractivity contribution in [3.8, 4) is 11.8 Å². The molecule has 0 unspecified atom stereocenters. The van der Waals surface area contributed by atoms with Gasteiger partial charge in [-0.3, -0.25) is 4.79 Å². The molecule has 122 valence electrons. The molecule has 1 heterocycles. The molecule has 1 amide bonds. The van der Waals surface area contributed by atoms with Gasteiger partial charge >= 0.3 is 0 Å². The van der Waals surface area contributed by atoms with E-state index in [-0.39, 0.29) is 5.91 Å². The number of nitrogens with zero attached hydrogens (tertiary/aromatic N) is 2. The number of pyridine rings is 1. The van der Waals surface area contributed by atoms with Gasteiger partial charge in [0.05, 0.1) is 12.7 Å². The molecule has 1 aliphatic rings. The van der Waals surface area contributed by atoms with E-state index < -0.39 is 0 Å². The van der Waals surface area contributed by atoms with Crippen LogP contribution in [0.2, 0.25) is 0 Å². The Kier molecular flexibility index (Phi) is 5.07. The number of fused-ring (bicyclic) bond motifs is 1. The first-order valence-electron chi connectivity index (χ1n) is 8.16. The number of carbonyl (C=O) groups excluding carboxylic acids is 1. The predicted molar refractivity (Wildman–Crippen MR) is 91.0 cm³/mol. The molecular formula is C19H19N3O2. The zero-order valence-electron chi connectivity index (χ0n) is 13.4. The fraction of sp³-hybridized carbons (Fsp3) is 0.316. The first kappa shape index (κ1) is 16.0. The second kappa shape index (κ2) is 7.60. The summed E-state index contributed by atoms with van der Waals surface area (Å²) in [5.74, 6) is 0.732. The molecule has 0 radical (unpaired) electrons. The monoisotopic (exact) mass is 321 g/mol. The van der Waals surface area contributed by atoms with Crippen LogP contribution in [0.15, 0.2) is 36.5 Å². The first-order chi connectivity index (χ1) is 11.8. The van der Waals surface area contributed by atoms with Crippen LogP contribution in [0, 0.1) is 11.3 Å². The van der Waals surface area contributed by atoms with E-state index in [1.807, 2.05) is 18.2 Å². The summed E-state index contributed by atoms with van der Waals surface area (Å²) in [7, 11) is 0.